The van der Waals surface area contributed by atoms with Gasteiger partial charge in [0.25, 0.3) is 5.91 Å². The molecule has 0 bridgehead atoms. The molecule has 2 aromatic carbocycles. The topological polar surface area (TPSA) is 57.4 Å². The Balaban J connectivity index is 1.52. The van der Waals surface area contributed by atoms with Crippen LogP contribution in [0.5, 0.6) is 0 Å². The van der Waals surface area contributed by atoms with Gasteiger partial charge >= 0.3 is 6.18 Å². The SMILES string of the molecule is O=C(NCC(c1ccc(C(F)(F)F)cc1)N1CCOCC1)c1cc2ccc(Cl)cc2[nH]1. The number of rotatable bonds is 5. The van der Waals surface area contributed by atoms with Gasteiger partial charge in [-0.15, -0.1) is 0 Å². The first-order valence-electron chi connectivity index (χ1n) is 9.87. The zero-order valence-electron chi connectivity index (χ0n) is 16.5. The Kier molecular flexibility index (Phi) is 6.22. The molecule has 1 aliphatic rings. The predicted octanol–water partition coefficient (Wildman–Crippen LogP) is 4.64. The summed E-state index contributed by atoms with van der Waals surface area (Å²) in [5, 5.41) is 4.34. The first-order valence-corrected chi connectivity index (χ1v) is 10.2. The molecule has 1 aromatic heterocycles. The number of ether oxygens (including phenoxy) is 1. The third-order valence-corrected chi connectivity index (χ3v) is 5.63. The maximum absolute atomic E-state index is 12.9. The van der Waals surface area contributed by atoms with Crippen molar-refractivity contribution in [3.05, 3.63) is 70.4 Å². The number of aromatic nitrogens is 1. The van der Waals surface area contributed by atoms with E-state index in [0.29, 0.717) is 42.6 Å². The van der Waals surface area contributed by atoms with Crippen molar-refractivity contribution in [2.75, 3.05) is 32.8 Å². The summed E-state index contributed by atoms with van der Waals surface area (Å²) in [4.78, 5) is 17.9. The number of aromatic amines is 1. The zero-order valence-corrected chi connectivity index (χ0v) is 17.3. The molecule has 1 atom stereocenters. The monoisotopic (exact) mass is 451 g/mol. The summed E-state index contributed by atoms with van der Waals surface area (Å²) in [6.45, 7) is 2.58. The molecule has 5 nitrogen and oxygen atoms in total. The van der Waals surface area contributed by atoms with E-state index in [9.17, 15) is 18.0 Å². The zero-order chi connectivity index (χ0) is 22.0. The smallest absolute Gasteiger partial charge is 0.379 e. The molecule has 0 radical (unpaired) electrons. The van der Waals surface area contributed by atoms with Crippen LogP contribution in [0.2, 0.25) is 5.02 Å². The van der Waals surface area contributed by atoms with Gasteiger partial charge in [0.15, 0.2) is 0 Å². The number of alkyl halides is 3. The summed E-state index contributed by atoms with van der Waals surface area (Å²) < 4.78 is 44.2. The van der Waals surface area contributed by atoms with Crippen LogP contribution in [0.3, 0.4) is 0 Å². The summed E-state index contributed by atoms with van der Waals surface area (Å²) in [6.07, 6.45) is -4.39. The average Bonchev–Trinajstić information content (AvgIpc) is 3.17. The van der Waals surface area contributed by atoms with E-state index in [1.54, 1.807) is 18.2 Å². The number of carbonyl (C=O) groups is 1. The first-order chi connectivity index (χ1) is 14.8. The summed E-state index contributed by atoms with van der Waals surface area (Å²) in [6, 6.07) is 11.9. The molecule has 4 rings (SSSR count). The largest absolute Gasteiger partial charge is 0.416 e. The fraction of sp³-hybridized carbons (Fsp3) is 0.318. The Bertz CT molecular complexity index is 1060. The number of carbonyl (C=O) groups excluding carboxylic acids is 1. The van der Waals surface area contributed by atoms with Gasteiger partial charge in [-0.25, -0.2) is 0 Å². The maximum atomic E-state index is 12.9. The second kappa shape index (κ2) is 8.90. The van der Waals surface area contributed by atoms with E-state index >= 15 is 0 Å². The van der Waals surface area contributed by atoms with Crippen molar-refractivity contribution in [2.24, 2.45) is 0 Å². The molecule has 164 valence electrons. The number of halogens is 4. The highest BCUT2D eigenvalue weighted by atomic mass is 35.5. The summed E-state index contributed by atoms with van der Waals surface area (Å²) in [5.74, 6) is -0.294. The van der Waals surface area contributed by atoms with Crippen molar-refractivity contribution >= 4 is 28.4 Å². The molecular weight excluding hydrogens is 431 g/mol. The number of morpholine rings is 1. The molecule has 1 saturated heterocycles. The van der Waals surface area contributed by atoms with Crippen LogP contribution in [0.15, 0.2) is 48.5 Å². The summed E-state index contributed by atoms with van der Waals surface area (Å²) in [7, 11) is 0. The second-order valence-electron chi connectivity index (χ2n) is 7.41. The Hall–Kier alpha value is -2.55. The van der Waals surface area contributed by atoms with Crippen LogP contribution in [0.1, 0.15) is 27.7 Å². The normalized spacial score (nSPS) is 16.4. The van der Waals surface area contributed by atoms with Gasteiger partial charge in [-0.1, -0.05) is 29.8 Å². The van der Waals surface area contributed by atoms with Gasteiger partial charge in [0.2, 0.25) is 0 Å². The van der Waals surface area contributed by atoms with Gasteiger partial charge in [0, 0.05) is 35.6 Å². The lowest BCUT2D eigenvalue weighted by Crippen LogP contribution is -2.43. The number of fused-ring (bicyclic) bond motifs is 1. The second-order valence-corrected chi connectivity index (χ2v) is 7.84. The van der Waals surface area contributed by atoms with Crippen molar-refractivity contribution in [2.45, 2.75) is 12.2 Å². The molecule has 1 amide bonds. The van der Waals surface area contributed by atoms with Crippen LogP contribution < -0.4 is 5.32 Å². The van der Waals surface area contributed by atoms with Gasteiger partial charge in [-0.2, -0.15) is 13.2 Å². The molecule has 31 heavy (non-hydrogen) atoms. The van der Waals surface area contributed by atoms with Crippen LogP contribution in [0.25, 0.3) is 10.9 Å². The highest BCUT2D eigenvalue weighted by molar-refractivity contribution is 6.31. The summed E-state index contributed by atoms with van der Waals surface area (Å²) >= 11 is 6.00. The van der Waals surface area contributed by atoms with Gasteiger partial charge in [-0.3, -0.25) is 9.69 Å². The van der Waals surface area contributed by atoms with Crippen LogP contribution >= 0.6 is 11.6 Å². The van der Waals surface area contributed by atoms with E-state index in [-0.39, 0.29) is 18.5 Å². The number of hydrogen-bond donors (Lipinski definition) is 2. The molecule has 0 aliphatic carbocycles. The standard InChI is InChI=1S/C22H21ClF3N3O2/c23-17-6-3-15-11-19(28-18(15)12-17)21(30)27-13-20(29-7-9-31-10-8-29)14-1-4-16(5-2-14)22(24,25)26/h1-6,11-12,20,28H,7-10,13H2,(H,27,30). The minimum atomic E-state index is -4.39. The number of benzene rings is 2. The molecule has 0 saturated carbocycles. The number of amides is 1. The van der Waals surface area contributed by atoms with Crippen molar-refractivity contribution in [3.8, 4) is 0 Å². The van der Waals surface area contributed by atoms with E-state index < -0.39 is 11.7 Å². The Morgan fingerprint density at radius 1 is 1.13 bits per heavy atom. The van der Waals surface area contributed by atoms with Gasteiger partial charge in [-0.05, 0) is 35.9 Å². The molecular formula is C22H21ClF3N3O2. The highest BCUT2D eigenvalue weighted by Crippen LogP contribution is 2.31. The number of H-pyrrole nitrogens is 1. The van der Waals surface area contributed by atoms with E-state index in [1.165, 1.54) is 12.1 Å². The molecule has 2 N–H and O–H groups in total. The van der Waals surface area contributed by atoms with Crippen LogP contribution in [-0.2, 0) is 10.9 Å². The number of nitrogens with one attached hydrogen (secondary N) is 2. The van der Waals surface area contributed by atoms with Crippen LogP contribution in [-0.4, -0.2) is 48.6 Å². The molecule has 9 heteroatoms. The molecule has 2 heterocycles. The Labute approximate surface area is 182 Å². The minimum Gasteiger partial charge on any atom is -0.379 e. The van der Waals surface area contributed by atoms with E-state index in [1.807, 2.05) is 6.07 Å². The quantitative estimate of drug-likeness (QED) is 0.594. The Morgan fingerprint density at radius 3 is 2.52 bits per heavy atom. The van der Waals surface area contributed by atoms with E-state index in [4.69, 9.17) is 16.3 Å². The van der Waals surface area contributed by atoms with E-state index in [0.717, 1.165) is 23.0 Å². The fourth-order valence-corrected chi connectivity index (χ4v) is 3.92. The molecule has 1 aliphatic heterocycles. The van der Waals surface area contributed by atoms with Crippen molar-refractivity contribution in [1.82, 2.24) is 15.2 Å². The van der Waals surface area contributed by atoms with Crippen molar-refractivity contribution in [3.63, 3.8) is 0 Å². The molecule has 3 aromatic rings. The van der Waals surface area contributed by atoms with Crippen molar-refractivity contribution in [1.29, 1.82) is 0 Å². The van der Waals surface area contributed by atoms with Crippen LogP contribution in [0, 0.1) is 0 Å². The van der Waals surface area contributed by atoms with Crippen LogP contribution in [0.4, 0.5) is 13.2 Å². The third kappa shape index (κ3) is 5.03. The fourth-order valence-electron chi connectivity index (χ4n) is 3.75. The maximum Gasteiger partial charge on any atom is 0.416 e. The van der Waals surface area contributed by atoms with Gasteiger partial charge < -0.3 is 15.0 Å². The first kappa shape index (κ1) is 21.7. The molecule has 1 fully saturated rings. The third-order valence-electron chi connectivity index (χ3n) is 5.39. The lowest BCUT2D eigenvalue weighted by atomic mass is 10.0. The minimum absolute atomic E-state index is 0.250. The number of nitrogens with zero attached hydrogens (tertiary/aromatic N) is 1. The van der Waals surface area contributed by atoms with Crippen molar-refractivity contribution < 1.29 is 22.7 Å². The highest BCUT2D eigenvalue weighted by Gasteiger charge is 2.31. The number of hydrogen-bond acceptors (Lipinski definition) is 3. The molecule has 0 spiro atoms. The van der Waals surface area contributed by atoms with Gasteiger partial charge in [0.1, 0.15) is 5.69 Å². The lowest BCUT2D eigenvalue weighted by Gasteiger charge is -2.35. The molecule has 1 unspecified atom stereocenters. The average molecular weight is 452 g/mol. The predicted molar refractivity (Wildman–Crippen MR) is 112 cm³/mol. The lowest BCUT2D eigenvalue weighted by molar-refractivity contribution is -0.137. The summed E-state index contributed by atoms with van der Waals surface area (Å²) in [5.41, 5.74) is 1.16. The van der Waals surface area contributed by atoms with E-state index in [2.05, 4.69) is 15.2 Å². The van der Waals surface area contributed by atoms with Gasteiger partial charge in [0.05, 0.1) is 24.8 Å². The Morgan fingerprint density at radius 2 is 1.84 bits per heavy atom.